The molecule has 1 aliphatic rings. The molecule has 0 saturated carbocycles. The number of carbonyl (C=O) groups excluding carboxylic acids is 1. The van der Waals surface area contributed by atoms with E-state index in [2.05, 4.69) is 20.2 Å². The molecule has 144 valence electrons. The van der Waals surface area contributed by atoms with Crippen molar-refractivity contribution in [1.29, 1.82) is 0 Å². The Bertz CT molecular complexity index is 973. The van der Waals surface area contributed by atoms with Crippen molar-refractivity contribution in [1.82, 2.24) is 25.1 Å². The van der Waals surface area contributed by atoms with Crippen LogP contribution < -0.4 is 4.74 Å². The van der Waals surface area contributed by atoms with Crippen molar-refractivity contribution < 1.29 is 13.9 Å². The molecular weight excluding hydrogens is 361 g/mol. The Hall–Kier alpha value is -3.29. The van der Waals surface area contributed by atoms with Crippen LogP contribution in [0.15, 0.2) is 42.9 Å². The normalized spacial score (nSPS) is 16.8. The van der Waals surface area contributed by atoms with Gasteiger partial charge in [-0.05, 0) is 44.0 Å². The number of hydrogen-bond donors (Lipinski definition) is 1. The number of aromatic nitrogens is 4. The standard InChI is InChI=1S/C20H20FN5O2/c1-13-17(11-24-25-13)20(27)26-10-2-3-14(12-26)18-19(23-9-8-22-18)28-16-6-4-15(21)5-7-16/h4-9,11,14H,2-3,10,12H2,1H3,(H,24,25)/t14-/m1/s1. The van der Waals surface area contributed by atoms with Gasteiger partial charge in [0.25, 0.3) is 5.91 Å². The summed E-state index contributed by atoms with van der Waals surface area (Å²) in [6.07, 6.45) is 6.48. The highest BCUT2D eigenvalue weighted by Gasteiger charge is 2.29. The Labute approximate surface area is 161 Å². The predicted molar refractivity (Wildman–Crippen MR) is 99.7 cm³/mol. The largest absolute Gasteiger partial charge is 0.437 e. The summed E-state index contributed by atoms with van der Waals surface area (Å²) in [4.78, 5) is 23.4. The van der Waals surface area contributed by atoms with E-state index in [1.165, 1.54) is 12.1 Å². The van der Waals surface area contributed by atoms with Gasteiger partial charge in [-0.2, -0.15) is 5.10 Å². The van der Waals surface area contributed by atoms with Crippen LogP contribution in [0.25, 0.3) is 0 Å². The average Bonchev–Trinajstić information content (AvgIpc) is 3.15. The molecule has 1 fully saturated rings. The van der Waals surface area contributed by atoms with Crippen LogP contribution in [0.3, 0.4) is 0 Å². The predicted octanol–water partition coefficient (Wildman–Crippen LogP) is 3.46. The number of ether oxygens (including phenoxy) is 1. The van der Waals surface area contributed by atoms with Crippen LogP contribution in [0.1, 0.15) is 40.5 Å². The minimum absolute atomic E-state index is 0.00838. The third-order valence-corrected chi connectivity index (χ3v) is 4.87. The highest BCUT2D eigenvalue weighted by molar-refractivity contribution is 5.95. The third kappa shape index (κ3) is 3.71. The zero-order chi connectivity index (χ0) is 19.5. The van der Waals surface area contributed by atoms with E-state index in [1.807, 2.05) is 11.8 Å². The zero-order valence-electron chi connectivity index (χ0n) is 15.4. The Kier molecular flexibility index (Phi) is 5.01. The minimum atomic E-state index is -0.331. The molecule has 0 aliphatic carbocycles. The summed E-state index contributed by atoms with van der Waals surface area (Å²) in [5, 5.41) is 6.75. The van der Waals surface area contributed by atoms with Crippen molar-refractivity contribution >= 4 is 5.91 Å². The average molecular weight is 381 g/mol. The van der Waals surface area contributed by atoms with Crippen LogP contribution in [0.2, 0.25) is 0 Å². The number of aryl methyl sites for hydroxylation is 1. The van der Waals surface area contributed by atoms with Crippen LogP contribution in [0.4, 0.5) is 4.39 Å². The van der Waals surface area contributed by atoms with E-state index in [0.29, 0.717) is 36.0 Å². The number of H-pyrrole nitrogens is 1. The number of likely N-dealkylation sites (tertiary alicyclic amines) is 1. The monoisotopic (exact) mass is 381 g/mol. The lowest BCUT2D eigenvalue weighted by Gasteiger charge is -2.32. The van der Waals surface area contributed by atoms with Crippen LogP contribution in [0.5, 0.6) is 11.6 Å². The summed E-state index contributed by atoms with van der Waals surface area (Å²) < 4.78 is 19.0. The van der Waals surface area contributed by atoms with Gasteiger partial charge in [0, 0.05) is 37.1 Å². The number of halogens is 1. The SMILES string of the molecule is Cc1[nH]ncc1C(=O)N1CCC[C@@H](c2nccnc2Oc2ccc(F)cc2)C1. The molecule has 3 heterocycles. The first kappa shape index (κ1) is 18.1. The van der Waals surface area contributed by atoms with E-state index >= 15 is 0 Å². The summed E-state index contributed by atoms with van der Waals surface area (Å²) in [6.45, 7) is 3.05. The number of aromatic amines is 1. The number of piperidine rings is 1. The fraction of sp³-hybridized carbons (Fsp3) is 0.300. The lowest BCUT2D eigenvalue weighted by Crippen LogP contribution is -2.39. The highest BCUT2D eigenvalue weighted by Crippen LogP contribution is 2.33. The number of rotatable bonds is 4. The smallest absolute Gasteiger partial charge is 0.257 e. The molecule has 1 atom stereocenters. The Morgan fingerprint density at radius 1 is 1.25 bits per heavy atom. The van der Waals surface area contributed by atoms with Crippen LogP contribution in [-0.2, 0) is 0 Å². The van der Waals surface area contributed by atoms with Gasteiger partial charge in [0.15, 0.2) is 0 Å². The Morgan fingerprint density at radius 2 is 2.04 bits per heavy atom. The third-order valence-electron chi connectivity index (χ3n) is 4.87. The van der Waals surface area contributed by atoms with Gasteiger partial charge in [-0.25, -0.2) is 9.37 Å². The second-order valence-electron chi connectivity index (χ2n) is 6.80. The van der Waals surface area contributed by atoms with E-state index in [4.69, 9.17) is 4.74 Å². The van der Waals surface area contributed by atoms with E-state index in [9.17, 15) is 9.18 Å². The first-order valence-electron chi connectivity index (χ1n) is 9.15. The number of benzene rings is 1. The van der Waals surface area contributed by atoms with Gasteiger partial charge in [0.05, 0.1) is 11.8 Å². The molecule has 28 heavy (non-hydrogen) atoms. The molecule has 4 rings (SSSR count). The van der Waals surface area contributed by atoms with Gasteiger partial charge < -0.3 is 9.64 Å². The van der Waals surface area contributed by atoms with Crippen molar-refractivity contribution in [2.75, 3.05) is 13.1 Å². The van der Waals surface area contributed by atoms with Crippen LogP contribution in [-0.4, -0.2) is 44.1 Å². The number of nitrogens with zero attached hydrogens (tertiary/aromatic N) is 4. The van der Waals surface area contributed by atoms with Crippen molar-refractivity contribution in [3.8, 4) is 11.6 Å². The van der Waals surface area contributed by atoms with Gasteiger partial charge in [-0.15, -0.1) is 0 Å². The second kappa shape index (κ2) is 7.75. The maximum absolute atomic E-state index is 13.1. The lowest BCUT2D eigenvalue weighted by molar-refractivity contribution is 0.0704. The number of nitrogens with one attached hydrogen (secondary N) is 1. The van der Waals surface area contributed by atoms with Crippen LogP contribution >= 0.6 is 0 Å². The molecule has 1 N–H and O–H groups in total. The summed E-state index contributed by atoms with van der Waals surface area (Å²) in [5.74, 6) is 0.506. The number of hydrogen-bond acceptors (Lipinski definition) is 5. The fourth-order valence-electron chi connectivity index (χ4n) is 3.43. The summed E-state index contributed by atoms with van der Waals surface area (Å²) in [6, 6.07) is 5.76. The van der Waals surface area contributed by atoms with Crippen molar-refractivity contribution in [3.63, 3.8) is 0 Å². The fourth-order valence-corrected chi connectivity index (χ4v) is 3.43. The van der Waals surface area contributed by atoms with E-state index in [-0.39, 0.29) is 17.6 Å². The molecule has 2 aromatic heterocycles. The molecule has 1 aromatic carbocycles. The number of carbonyl (C=O) groups is 1. The molecule has 1 aliphatic heterocycles. The Morgan fingerprint density at radius 3 is 2.79 bits per heavy atom. The second-order valence-corrected chi connectivity index (χ2v) is 6.80. The summed E-state index contributed by atoms with van der Waals surface area (Å²) >= 11 is 0. The van der Waals surface area contributed by atoms with Gasteiger partial charge in [0.1, 0.15) is 17.3 Å². The molecule has 0 bridgehead atoms. The molecule has 8 heteroatoms. The van der Waals surface area contributed by atoms with Crippen molar-refractivity contribution in [2.45, 2.75) is 25.7 Å². The minimum Gasteiger partial charge on any atom is -0.437 e. The van der Waals surface area contributed by atoms with Gasteiger partial charge in [-0.1, -0.05) is 0 Å². The van der Waals surface area contributed by atoms with E-state index < -0.39 is 0 Å². The van der Waals surface area contributed by atoms with Crippen molar-refractivity contribution in [2.24, 2.45) is 0 Å². The molecule has 0 radical (unpaired) electrons. The van der Waals surface area contributed by atoms with Gasteiger partial charge in [-0.3, -0.25) is 14.9 Å². The molecule has 1 amide bonds. The van der Waals surface area contributed by atoms with E-state index in [1.54, 1.807) is 30.7 Å². The molecule has 3 aromatic rings. The quantitative estimate of drug-likeness (QED) is 0.748. The topological polar surface area (TPSA) is 84.0 Å². The molecule has 7 nitrogen and oxygen atoms in total. The first-order valence-corrected chi connectivity index (χ1v) is 9.15. The first-order chi connectivity index (χ1) is 13.6. The maximum Gasteiger partial charge on any atom is 0.257 e. The lowest BCUT2D eigenvalue weighted by atomic mass is 9.94. The van der Waals surface area contributed by atoms with E-state index in [0.717, 1.165) is 18.5 Å². The molecule has 0 unspecified atom stereocenters. The van der Waals surface area contributed by atoms with Crippen LogP contribution in [0, 0.1) is 12.7 Å². The Balaban J connectivity index is 1.54. The molecule has 1 saturated heterocycles. The van der Waals surface area contributed by atoms with Crippen molar-refractivity contribution in [3.05, 3.63) is 65.6 Å². The molecular formula is C20H20FN5O2. The zero-order valence-corrected chi connectivity index (χ0v) is 15.4. The summed E-state index contributed by atoms with van der Waals surface area (Å²) in [7, 11) is 0. The maximum atomic E-state index is 13.1. The summed E-state index contributed by atoms with van der Waals surface area (Å²) in [5.41, 5.74) is 2.04. The van der Waals surface area contributed by atoms with Gasteiger partial charge in [0.2, 0.25) is 5.88 Å². The highest BCUT2D eigenvalue weighted by atomic mass is 19.1. The van der Waals surface area contributed by atoms with Gasteiger partial charge >= 0.3 is 0 Å². The molecule has 0 spiro atoms. The number of amides is 1.